The molecule has 1 aromatic rings. The number of hydrogen-bond donors (Lipinski definition) is 1. The number of fused-ring (bicyclic) bond motifs is 1. The lowest BCUT2D eigenvalue weighted by Gasteiger charge is -2.15. The molecule has 5 heteroatoms. The van der Waals surface area contributed by atoms with Crippen molar-refractivity contribution in [3.8, 4) is 0 Å². The van der Waals surface area contributed by atoms with Crippen molar-refractivity contribution in [3.63, 3.8) is 0 Å². The first-order chi connectivity index (χ1) is 13.1. The van der Waals surface area contributed by atoms with Crippen LogP contribution >= 0.6 is 0 Å². The fraction of sp³-hybridized carbons (Fsp3) is 0.591. The highest BCUT2D eigenvalue weighted by atomic mass is 16.2. The summed E-state index contributed by atoms with van der Waals surface area (Å²) >= 11 is 0. The Morgan fingerprint density at radius 2 is 1.67 bits per heavy atom. The van der Waals surface area contributed by atoms with E-state index in [-0.39, 0.29) is 17.7 Å². The molecule has 1 unspecified atom stereocenters. The van der Waals surface area contributed by atoms with E-state index < -0.39 is 0 Å². The van der Waals surface area contributed by atoms with E-state index in [9.17, 15) is 14.4 Å². The molecular formula is C22H32N2O3. The number of unbranched alkanes of at least 4 members (excludes halogenated alkanes) is 3. The normalized spacial score (nSPS) is 14.4. The first-order valence-corrected chi connectivity index (χ1v) is 10.3. The van der Waals surface area contributed by atoms with Crippen molar-refractivity contribution >= 4 is 17.7 Å². The molecule has 148 valence electrons. The summed E-state index contributed by atoms with van der Waals surface area (Å²) in [5.74, 6) is 0.269. The molecule has 1 atom stereocenters. The number of imide groups is 1. The van der Waals surface area contributed by atoms with E-state index in [2.05, 4.69) is 19.2 Å². The van der Waals surface area contributed by atoms with Crippen molar-refractivity contribution in [3.05, 3.63) is 35.4 Å². The van der Waals surface area contributed by atoms with Gasteiger partial charge in [-0.3, -0.25) is 19.3 Å². The van der Waals surface area contributed by atoms with Gasteiger partial charge >= 0.3 is 0 Å². The zero-order valence-corrected chi connectivity index (χ0v) is 16.6. The van der Waals surface area contributed by atoms with E-state index in [0.29, 0.717) is 30.0 Å². The Bertz CT molecular complexity index is 622. The first kappa shape index (κ1) is 21.1. The van der Waals surface area contributed by atoms with Crippen LogP contribution in [0.5, 0.6) is 0 Å². The van der Waals surface area contributed by atoms with Crippen LogP contribution in [-0.2, 0) is 4.79 Å². The molecule has 0 radical (unpaired) electrons. The third-order valence-corrected chi connectivity index (χ3v) is 5.29. The summed E-state index contributed by atoms with van der Waals surface area (Å²) < 4.78 is 0. The Hall–Kier alpha value is -2.17. The molecular weight excluding hydrogens is 340 g/mol. The minimum absolute atomic E-state index is 0.102. The number of hydrogen-bond acceptors (Lipinski definition) is 3. The molecule has 0 spiro atoms. The van der Waals surface area contributed by atoms with Gasteiger partial charge in [-0.1, -0.05) is 51.7 Å². The van der Waals surface area contributed by atoms with E-state index in [0.717, 1.165) is 32.2 Å². The van der Waals surface area contributed by atoms with Crippen LogP contribution in [0.25, 0.3) is 0 Å². The van der Waals surface area contributed by atoms with E-state index in [1.807, 2.05) is 0 Å². The molecule has 27 heavy (non-hydrogen) atoms. The number of carbonyl (C=O) groups is 3. The van der Waals surface area contributed by atoms with Gasteiger partial charge in [-0.25, -0.2) is 0 Å². The van der Waals surface area contributed by atoms with Gasteiger partial charge in [0, 0.05) is 19.5 Å². The second-order valence-electron chi connectivity index (χ2n) is 7.34. The van der Waals surface area contributed by atoms with Crippen molar-refractivity contribution in [2.24, 2.45) is 5.92 Å². The average Bonchev–Trinajstić information content (AvgIpc) is 2.93. The van der Waals surface area contributed by atoms with Gasteiger partial charge in [0.1, 0.15) is 0 Å². The van der Waals surface area contributed by atoms with E-state index in [4.69, 9.17) is 0 Å². The molecule has 5 nitrogen and oxygen atoms in total. The highest BCUT2D eigenvalue weighted by Gasteiger charge is 2.34. The number of carbonyl (C=O) groups excluding carboxylic acids is 3. The Kier molecular flexibility index (Phi) is 8.49. The van der Waals surface area contributed by atoms with Crippen LogP contribution in [0, 0.1) is 5.92 Å². The van der Waals surface area contributed by atoms with Gasteiger partial charge in [0.15, 0.2) is 0 Å². The molecule has 0 saturated carbocycles. The lowest BCUT2D eigenvalue weighted by molar-refractivity contribution is -0.121. The fourth-order valence-electron chi connectivity index (χ4n) is 3.46. The zero-order chi connectivity index (χ0) is 19.6. The van der Waals surface area contributed by atoms with Crippen molar-refractivity contribution < 1.29 is 14.4 Å². The SMILES string of the molecule is CCCCC(CC)CNC(=O)CCCCCN1C(=O)c2ccccc2C1=O. The maximum atomic E-state index is 12.3. The number of benzene rings is 1. The highest BCUT2D eigenvalue weighted by molar-refractivity contribution is 6.21. The second kappa shape index (κ2) is 10.9. The van der Waals surface area contributed by atoms with Crippen LogP contribution in [0.3, 0.4) is 0 Å². The number of nitrogens with zero attached hydrogens (tertiary/aromatic N) is 1. The van der Waals surface area contributed by atoms with Crippen molar-refractivity contribution in [1.82, 2.24) is 10.2 Å². The maximum Gasteiger partial charge on any atom is 0.261 e. The summed E-state index contributed by atoms with van der Waals surface area (Å²) in [7, 11) is 0. The molecule has 1 heterocycles. The van der Waals surface area contributed by atoms with Gasteiger partial charge in [0.2, 0.25) is 5.91 Å². The van der Waals surface area contributed by atoms with Gasteiger partial charge in [-0.2, -0.15) is 0 Å². The molecule has 0 bridgehead atoms. The van der Waals surface area contributed by atoms with Gasteiger partial charge in [0.25, 0.3) is 11.8 Å². The largest absolute Gasteiger partial charge is 0.356 e. The molecule has 2 rings (SSSR count). The number of amides is 3. The van der Waals surface area contributed by atoms with Crippen molar-refractivity contribution in [2.45, 2.75) is 65.2 Å². The molecule has 0 aromatic heterocycles. The van der Waals surface area contributed by atoms with Crippen LogP contribution in [0.1, 0.15) is 85.9 Å². The third kappa shape index (κ3) is 5.91. The van der Waals surface area contributed by atoms with Crippen LogP contribution in [-0.4, -0.2) is 35.7 Å². The topological polar surface area (TPSA) is 66.5 Å². The van der Waals surface area contributed by atoms with E-state index in [1.54, 1.807) is 24.3 Å². The summed E-state index contributed by atoms with van der Waals surface area (Å²) in [5.41, 5.74) is 0.992. The predicted molar refractivity (Wildman–Crippen MR) is 107 cm³/mol. The number of nitrogens with one attached hydrogen (secondary N) is 1. The van der Waals surface area contributed by atoms with Crippen LogP contribution in [0.4, 0.5) is 0 Å². The van der Waals surface area contributed by atoms with Gasteiger partial charge in [0.05, 0.1) is 11.1 Å². The molecule has 0 aliphatic carbocycles. The summed E-state index contributed by atoms with van der Waals surface area (Å²) in [6.07, 6.45) is 7.52. The molecule has 3 amide bonds. The van der Waals surface area contributed by atoms with Crippen LogP contribution in [0.2, 0.25) is 0 Å². The average molecular weight is 373 g/mol. The second-order valence-corrected chi connectivity index (χ2v) is 7.34. The van der Waals surface area contributed by atoms with Crippen LogP contribution in [0.15, 0.2) is 24.3 Å². The Labute approximate surface area is 162 Å². The Morgan fingerprint density at radius 3 is 2.26 bits per heavy atom. The molecule has 0 saturated heterocycles. The van der Waals surface area contributed by atoms with Gasteiger partial charge in [-0.15, -0.1) is 0 Å². The minimum Gasteiger partial charge on any atom is -0.356 e. The molecule has 0 fully saturated rings. The molecule has 1 aromatic carbocycles. The minimum atomic E-state index is -0.203. The Morgan fingerprint density at radius 1 is 1.00 bits per heavy atom. The molecule has 1 aliphatic rings. The summed E-state index contributed by atoms with van der Waals surface area (Å²) in [6, 6.07) is 6.95. The lowest BCUT2D eigenvalue weighted by atomic mass is 9.99. The first-order valence-electron chi connectivity index (χ1n) is 10.3. The fourth-order valence-corrected chi connectivity index (χ4v) is 3.46. The monoisotopic (exact) mass is 372 g/mol. The third-order valence-electron chi connectivity index (χ3n) is 5.29. The molecule has 1 N–H and O–H groups in total. The van der Waals surface area contributed by atoms with Crippen LogP contribution < -0.4 is 5.32 Å². The smallest absolute Gasteiger partial charge is 0.261 e. The molecule has 1 aliphatic heterocycles. The lowest BCUT2D eigenvalue weighted by Crippen LogP contribution is -2.31. The standard InChI is InChI=1S/C22H32N2O3/c1-3-5-11-17(4-2)16-23-20(25)14-7-6-10-15-24-21(26)18-12-8-9-13-19(18)22(24)27/h8-9,12-13,17H,3-7,10-11,14-16H2,1-2H3,(H,23,25). The van der Waals surface area contributed by atoms with Crippen molar-refractivity contribution in [2.75, 3.05) is 13.1 Å². The zero-order valence-electron chi connectivity index (χ0n) is 16.6. The highest BCUT2D eigenvalue weighted by Crippen LogP contribution is 2.22. The Balaban J connectivity index is 1.62. The van der Waals surface area contributed by atoms with Gasteiger partial charge < -0.3 is 5.32 Å². The quantitative estimate of drug-likeness (QED) is 0.442. The predicted octanol–water partition coefficient (Wildman–Crippen LogP) is 4.18. The van der Waals surface area contributed by atoms with E-state index in [1.165, 1.54) is 24.2 Å². The summed E-state index contributed by atoms with van der Waals surface area (Å²) in [5, 5.41) is 3.04. The summed E-state index contributed by atoms with van der Waals surface area (Å²) in [4.78, 5) is 37.8. The van der Waals surface area contributed by atoms with Gasteiger partial charge in [-0.05, 0) is 37.3 Å². The maximum absolute atomic E-state index is 12.3. The number of rotatable bonds is 12. The van der Waals surface area contributed by atoms with Crippen molar-refractivity contribution in [1.29, 1.82) is 0 Å². The summed E-state index contributed by atoms with van der Waals surface area (Å²) in [6.45, 7) is 5.55. The van der Waals surface area contributed by atoms with E-state index >= 15 is 0 Å².